The van der Waals surface area contributed by atoms with E-state index in [1.807, 2.05) is 97.2 Å². The number of allylic oxidation sites excluding steroid dienone is 20. The van der Waals surface area contributed by atoms with Crippen LogP contribution in [0.2, 0.25) is 0 Å². The Morgan fingerprint density at radius 3 is 0.910 bits per heavy atom. The monoisotopic (exact) mass is 927 g/mol. The maximum atomic E-state index is 12.8. The normalized spacial score (nSPS) is 13.1. The minimum atomic E-state index is -0.820. The first kappa shape index (κ1) is 62.8. The first-order chi connectivity index (χ1) is 33.0. The van der Waals surface area contributed by atoms with Crippen molar-refractivity contribution >= 4 is 17.9 Å². The SMILES string of the molecule is CC\C=C/C=C\C=C/C=C\C=C/CCCCCC(=O)OCC(COC(=O)CCCCCCCCCCCCCCCCCCCCC)OC(=O)CCCCC\C=C/C=C\C=C/C=C\C=C/CC. The molecule has 0 rings (SSSR count). The number of esters is 3. The van der Waals surface area contributed by atoms with Crippen LogP contribution in [-0.2, 0) is 28.6 Å². The smallest absolute Gasteiger partial charge is 0.306 e. The lowest BCUT2D eigenvalue weighted by Gasteiger charge is -2.18. The van der Waals surface area contributed by atoms with Crippen molar-refractivity contribution in [1.29, 1.82) is 0 Å². The molecule has 0 amide bonds. The second kappa shape index (κ2) is 54.4. The fourth-order valence-corrected chi connectivity index (χ4v) is 7.19. The lowest BCUT2D eigenvalue weighted by Crippen LogP contribution is -2.30. The van der Waals surface area contributed by atoms with Crippen molar-refractivity contribution < 1.29 is 28.6 Å². The van der Waals surface area contributed by atoms with Gasteiger partial charge in [0, 0.05) is 19.3 Å². The van der Waals surface area contributed by atoms with Gasteiger partial charge in [-0.2, -0.15) is 0 Å². The Balaban J connectivity index is 4.49. The minimum absolute atomic E-state index is 0.111. The molecule has 0 fully saturated rings. The zero-order valence-electron chi connectivity index (χ0n) is 43.1. The van der Waals surface area contributed by atoms with Crippen LogP contribution in [0.25, 0.3) is 0 Å². The Bertz CT molecular complexity index is 1440. The molecule has 1 atom stereocenters. The predicted octanol–water partition coefficient (Wildman–Crippen LogP) is 18.1. The summed E-state index contributed by atoms with van der Waals surface area (Å²) in [5.74, 6) is -0.999. The highest BCUT2D eigenvalue weighted by atomic mass is 16.6. The second-order valence-corrected chi connectivity index (χ2v) is 17.6. The summed E-state index contributed by atoms with van der Waals surface area (Å²) in [6, 6.07) is 0. The molecule has 0 aliphatic rings. The van der Waals surface area contributed by atoms with E-state index in [1.165, 1.54) is 103 Å². The van der Waals surface area contributed by atoms with Crippen molar-refractivity contribution in [2.75, 3.05) is 13.2 Å². The summed E-state index contributed by atoms with van der Waals surface area (Å²) in [6.45, 7) is 6.28. The van der Waals surface area contributed by atoms with Gasteiger partial charge in [0.05, 0.1) is 0 Å². The molecular weight excluding hydrogens is 829 g/mol. The molecule has 0 aromatic rings. The minimum Gasteiger partial charge on any atom is -0.462 e. The number of hydrogen-bond donors (Lipinski definition) is 0. The predicted molar refractivity (Wildman–Crippen MR) is 288 cm³/mol. The van der Waals surface area contributed by atoms with Crippen molar-refractivity contribution in [2.45, 2.75) is 232 Å². The number of carbonyl (C=O) groups is 3. The number of carbonyl (C=O) groups excluding carboxylic acids is 3. The van der Waals surface area contributed by atoms with E-state index in [1.54, 1.807) is 0 Å². The quantitative estimate of drug-likeness (QED) is 0.0262. The van der Waals surface area contributed by atoms with Gasteiger partial charge in [-0.1, -0.05) is 271 Å². The van der Waals surface area contributed by atoms with Crippen LogP contribution in [0.3, 0.4) is 0 Å². The van der Waals surface area contributed by atoms with Crippen molar-refractivity contribution in [3.05, 3.63) is 122 Å². The molecule has 0 radical (unpaired) electrons. The van der Waals surface area contributed by atoms with Gasteiger partial charge in [-0.05, 0) is 57.8 Å². The van der Waals surface area contributed by atoms with Gasteiger partial charge in [0.2, 0.25) is 0 Å². The van der Waals surface area contributed by atoms with Gasteiger partial charge in [0.1, 0.15) is 13.2 Å². The third-order valence-corrected chi connectivity index (χ3v) is 11.2. The van der Waals surface area contributed by atoms with E-state index >= 15 is 0 Å². The highest BCUT2D eigenvalue weighted by Gasteiger charge is 2.19. The first-order valence-corrected chi connectivity index (χ1v) is 27.2. The standard InChI is InChI=1S/C61H98O6/c1-4-7-10-13-16-19-22-25-28-29-30-31-34-36-39-42-45-48-51-54-60(63)66-57-58(67-61(64)55-52-49-46-43-40-37-33-27-24-21-18-15-12-9-6-3)56-65-59(62)53-50-47-44-41-38-35-32-26-23-20-17-14-11-8-5-2/h8-9,11-12,14-15,17-18,20-21,23-24,26-27,32-33,35,37-38,40,58H,4-7,10,13,16,19,22,25,28-31,34,36,39,41-57H2,1-3H3/b11-8-,12-9-,17-14-,18-15-,23-20-,24-21-,32-26-,33-27-,38-35-,40-37-. The van der Waals surface area contributed by atoms with Crippen molar-refractivity contribution in [1.82, 2.24) is 0 Å². The van der Waals surface area contributed by atoms with Gasteiger partial charge < -0.3 is 14.2 Å². The van der Waals surface area contributed by atoms with Gasteiger partial charge in [-0.3, -0.25) is 14.4 Å². The topological polar surface area (TPSA) is 78.9 Å². The Labute approximate surface area is 412 Å². The van der Waals surface area contributed by atoms with Crippen molar-refractivity contribution in [3.63, 3.8) is 0 Å². The summed E-state index contributed by atoms with van der Waals surface area (Å²) in [5, 5.41) is 0. The summed E-state index contributed by atoms with van der Waals surface area (Å²) in [4.78, 5) is 38.1. The summed E-state index contributed by atoms with van der Waals surface area (Å²) < 4.78 is 16.8. The van der Waals surface area contributed by atoms with Crippen LogP contribution >= 0.6 is 0 Å². The molecule has 67 heavy (non-hydrogen) atoms. The number of unbranched alkanes of at least 4 members (excludes halogenated alkanes) is 24. The van der Waals surface area contributed by atoms with E-state index < -0.39 is 6.10 Å². The molecule has 0 saturated heterocycles. The maximum Gasteiger partial charge on any atom is 0.306 e. The van der Waals surface area contributed by atoms with Crippen LogP contribution in [0.4, 0.5) is 0 Å². The van der Waals surface area contributed by atoms with Gasteiger partial charge >= 0.3 is 17.9 Å². The molecule has 0 aromatic heterocycles. The average Bonchev–Trinajstić information content (AvgIpc) is 3.33. The molecule has 6 nitrogen and oxygen atoms in total. The third kappa shape index (κ3) is 52.6. The van der Waals surface area contributed by atoms with Crippen LogP contribution in [0, 0.1) is 0 Å². The molecule has 1 unspecified atom stereocenters. The summed E-state index contributed by atoms with van der Waals surface area (Å²) in [7, 11) is 0. The van der Waals surface area contributed by atoms with Gasteiger partial charge in [-0.25, -0.2) is 0 Å². The Kier molecular flexibility index (Phi) is 51.0. The molecular formula is C61H98O6. The van der Waals surface area contributed by atoms with Gasteiger partial charge in [-0.15, -0.1) is 0 Å². The van der Waals surface area contributed by atoms with Crippen LogP contribution in [0.5, 0.6) is 0 Å². The summed E-state index contributed by atoms with van der Waals surface area (Å²) >= 11 is 0. The fourth-order valence-electron chi connectivity index (χ4n) is 7.19. The summed E-state index contributed by atoms with van der Waals surface area (Å²) in [5.41, 5.74) is 0. The molecule has 0 heterocycles. The molecule has 0 N–H and O–H groups in total. The van der Waals surface area contributed by atoms with Gasteiger partial charge in [0.25, 0.3) is 0 Å². The van der Waals surface area contributed by atoms with Crippen molar-refractivity contribution in [2.24, 2.45) is 0 Å². The fraction of sp³-hybridized carbons (Fsp3) is 0.623. The number of rotatable bonds is 47. The first-order valence-electron chi connectivity index (χ1n) is 27.2. The van der Waals surface area contributed by atoms with E-state index in [9.17, 15) is 14.4 Å². The lowest BCUT2D eigenvalue weighted by molar-refractivity contribution is -0.167. The van der Waals surface area contributed by atoms with E-state index in [2.05, 4.69) is 45.1 Å². The molecule has 0 saturated carbocycles. The average molecular weight is 927 g/mol. The second-order valence-electron chi connectivity index (χ2n) is 17.6. The molecule has 0 spiro atoms. The molecule has 0 aliphatic heterocycles. The number of hydrogen-bond acceptors (Lipinski definition) is 6. The van der Waals surface area contributed by atoms with E-state index in [0.29, 0.717) is 19.3 Å². The highest BCUT2D eigenvalue weighted by molar-refractivity contribution is 5.71. The van der Waals surface area contributed by atoms with Crippen LogP contribution in [-0.4, -0.2) is 37.2 Å². The van der Waals surface area contributed by atoms with Crippen LogP contribution < -0.4 is 0 Å². The molecule has 0 aliphatic carbocycles. The number of ether oxygens (including phenoxy) is 3. The molecule has 0 aromatic carbocycles. The van der Waals surface area contributed by atoms with E-state index in [-0.39, 0.29) is 37.5 Å². The zero-order valence-corrected chi connectivity index (χ0v) is 43.1. The zero-order chi connectivity index (χ0) is 48.6. The van der Waals surface area contributed by atoms with Crippen LogP contribution in [0.1, 0.15) is 226 Å². The highest BCUT2D eigenvalue weighted by Crippen LogP contribution is 2.16. The van der Waals surface area contributed by atoms with E-state index in [0.717, 1.165) is 77.0 Å². The van der Waals surface area contributed by atoms with Crippen molar-refractivity contribution in [3.8, 4) is 0 Å². The van der Waals surface area contributed by atoms with E-state index in [4.69, 9.17) is 14.2 Å². The molecule has 6 heteroatoms. The third-order valence-electron chi connectivity index (χ3n) is 11.2. The summed E-state index contributed by atoms with van der Waals surface area (Å²) in [6.07, 6.45) is 74.7. The van der Waals surface area contributed by atoms with Crippen LogP contribution in [0.15, 0.2) is 122 Å². The lowest BCUT2D eigenvalue weighted by atomic mass is 10.0. The Morgan fingerprint density at radius 2 is 0.582 bits per heavy atom. The van der Waals surface area contributed by atoms with Gasteiger partial charge in [0.15, 0.2) is 6.10 Å². The Morgan fingerprint density at radius 1 is 0.313 bits per heavy atom. The molecule has 0 bridgehead atoms. The Hall–Kier alpha value is -4.19. The molecule has 378 valence electrons. The maximum absolute atomic E-state index is 12.8. The largest absolute Gasteiger partial charge is 0.462 e.